The Kier molecular flexibility index (Phi) is 3.22. The lowest BCUT2D eigenvalue weighted by atomic mass is 9.68. The maximum Gasteiger partial charge on any atom is 0.407 e. The van der Waals surface area contributed by atoms with Gasteiger partial charge in [-0.3, -0.25) is 4.79 Å². The number of halogens is 1. The van der Waals surface area contributed by atoms with Gasteiger partial charge >= 0.3 is 6.09 Å². The summed E-state index contributed by atoms with van der Waals surface area (Å²) in [7, 11) is 0. The quantitative estimate of drug-likeness (QED) is 0.884. The Balaban J connectivity index is 1.22. The van der Waals surface area contributed by atoms with Crippen molar-refractivity contribution in [1.29, 1.82) is 0 Å². The molecule has 2 aliphatic heterocycles. The van der Waals surface area contributed by atoms with Gasteiger partial charge in [0.2, 0.25) is 5.91 Å². The molecule has 2 heterocycles. The van der Waals surface area contributed by atoms with Crippen LogP contribution in [-0.4, -0.2) is 42.1 Å². The normalized spacial score (nSPS) is 37.6. The molecule has 0 radical (unpaired) electrons. The number of carbonyl (C=O) groups excluding carboxylic acids is 2. The Bertz CT molecular complexity index is 804. The van der Waals surface area contributed by atoms with Gasteiger partial charge in [0.25, 0.3) is 0 Å². The zero-order valence-corrected chi connectivity index (χ0v) is 14.9. The van der Waals surface area contributed by atoms with Crippen LogP contribution in [0, 0.1) is 24.6 Å². The van der Waals surface area contributed by atoms with Gasteiger partial charge in [-0.1, -0.05) is 12.1 Å². The van der Waals surface area contributed by atoms with Crippen molar-refractivity contribution >= 4 is 12.0 Å². The molecule has 26 heavy (non-hydrogen) atoms. The molecule has 0 unspecified atom stereocenters. The number of benzene rings is 1. The van der Waals surface area contributed by atoms with Crippen molar-refractivity contribution in [3.8, 4) is 0 Å². The van der Waals surface area contributed by atoms with Crippen LogP contribution < -0.4 is 5.32 Å². The fourth-order valence-electron chi connectivity index (χ4n) is 5.25. The van der Waals surface area contributed by atoms with Crippen molar-refractivity contribution in [3.05, 3.63) is 35.1 Å². The molecule has 2 amide bonds. The lowest BCUT2D eigenvalue weighted by Gasteiger charge is -2.44. The van der Waals surface area contributed by atoms with Gasteiger partial charge in [-0.05, 0) is 55.7 Å². The van der Waals surface area contributed by atoms with Crippen LogP contribution in [0.15, 0.2) is 18.2 Å². The van der Waals surface area contributed by atoms with Crippen LogP contribution in [0.3, 0.4) is 0 Å². The summed E-state index contributed by atoms with van der Waals surface area (Å²) in [5.41, 5.74) is 1.53. The highest BCUT2D eigenvalue weighted by Gasteiger charge is 2.59. The number of aryl methyl sites for hydroxylation is 1. The van der Waals surface area contributed by atoms with Crippen LogP contribution in [0.4, 0.5) is 9.18 Å². The number of alkyl carbamates (subject to hydrolysis) is 1. The Labute approximate surface area is 151 Å². The second kappa shape index (κ2) is 5.21. The molecule has 1 aromatic carbocycles. The maximum atomic E-state index is 14.0. The van der Waals surface area contributed by atoms with Crippen LogP contribution in [-0.2, 0) is 14.9 Å². The predicted octanol–water partition coefficient (Wildman–Crippen LogP) is 2.51. The first kappa shape index (κ1) is 16.1. The lowest BCUT2D eigenvalue weighted by Crippen LogP contribution is -2.58. The summed E-state index contributed by atoms with van der Waals surface area (Å²) in [5.74, 6) is 0.486. The first-order valence-electron chi connectivity index (χ1n) is 9.41. The van der Waals surface area contributed by atoms with Gasteiger partial charge in [0.15, 0.2) is 0 Å². The highest BCUT2D eigenvalue weighted by Crippen LogP contribution is 2.59. The lowest BCUT2D eigenvalue weighted by molar-refractivity contribution is -0.142. The van der Waals surface area contributed by atoms with Gasteiger partial charge < -0.3 is 15.0 Å². The predicted molar refractivity (Wildman–Crippen MR) is 92.1 cm³/mol. The van der Waals surface area contributed by atoms with E-state index in [1.165, 1.54) is 0 Å². The summed E-state index contributed by atoms with van der Waals surface area (Å²) >= 11 is 0. The molecule has 0 bridgehead atoms. The van der Waals surface area contributed by atoms with E-state index in [4.69, 9.17) is 4.74 Å². The van der Waals surface area contributed by atoms with E-state index in [0.717, 1.165) is 31.5 Å². The largest absolute Gasteiger partial charge is 0.447 e. The molecular formula is C20H23FN2O3. The van der Waals surface area contributed by atoms with Crippen molar-refractivity contribution in [2.45, 2.75) is 43.6 Å². The maximum absolute atomic E-state index is 14.0. The minimum atomic E-state index is -0.373. The second-order valence-corrected chi connectivity index (χ2v) is 8.64. The molecule has 2 aliphatic carbocycles. The van der Waals surface area contributed by atoms with Gasteiger partial charge in [0.05, 0.1) is 5.54 Å². The van der Waals surface area contributed by atoms with E-state index in [1.807, 2.05) is 17.0 Å². The third-order valence-corrected chi connectivity index (χ3v) is 7.03. The Morgan fingerprint density at radius 3 is 2.81 bits per heavy atom. The number of nitrogens with zero attached hydrogens (tertiary/aromatic N) is 1. The van der Waals surface area contributed by atoms with Crippen LogP contribution >= 0.6 is 0 Å². The summed E-state index contributed by atoms with van der Waals surface area (Å²) in [6.07, 6.45) is 2.92. The molecule has 138 valence electrons. The average Bonchev–Trinajstić information content (AvgIpc) is 3.21. The van der Waals surface area contributed by atoms with Gasteiger partial charge in [-0.15, -0.1) is 0 Å². The summed E-state index contributed by atoms with van der Waals surface area (Å²) in [6.45, 7) is 3.66. The molecule has 2 saturated heterocycles. The summed E-state index contributed by atoms with van der Waals surface area (Å²) < 4.78 is 18.9. The first-order valence-corrected chi connectivity index (χ1v) is 9.41. The summed E-state index contributed by atoms with van der Waals surface area (Å²) in [4.78, 5) is 26.0. The monoisotopic (exact) mass is 358 g/mol. The molecule has 2 saturated carbocycles. The number of piperidine rings is 1. The Morgan fingerprint density at radius 2 is 2.15 bits per heavy atom. The molecule has 2 atom stereocenters. The van der Waals surface area contributed by atoms with Crippen LogP contribution in [0.5, 0.6) is 0 Å². The van der Waals surface area contributed by atoms with E-state index < -0.39 is 0 Å². The molecule has 1 N–H and O–H groups in total. The molecule has 1 spiro atoms. The topological polar surface area (TPSA) is 58.6 Å². The highest BCUT2D eigenvalue weighted by atomic mass is 19.1. The van der Waals surface area contributed by atoms with E-state index in [1.54, 1.807) is 13.0 Å². The third kappa shape index (κ3) is 2.27. The highest BCUT2D eigenvalue weighted by molar-refractivity contribution is 5.82. The summed E-state index contributed by atoms with van der Waals surface area (Å²) in [6, 6.07) is 5.59. The van der Waals surface area contributed by atoms with E-state index in [9.17, 15) is 14.0 Å². The van der Waals surface area contributed by atoms with E-state index in [2.05, 4.69) is 5.32 Å². The molecule has 4 fully saturated rings. The number of rotatable bonds is 2. The minimum absolute atomic E-state index is 0.0138. The molecule has 5 rings (SSSR count). The number of nitrogens with one attached hydrogen (secondary N) is 1. The molecule has 1 aromatic rings. The van der Waals surface area contributed by atoms with Crippen molar-refractivity contribution in [2.24, 2.45) is 11.8 Å². The molecule has 5 nitrogen and oxygen atoms in total. The molecular weight excluding hydrogens is 335 g/mol. The van der Waals surface area contributed by atoms with Crippen LogP contribution in [0.2, 0.25) is 0 Å². The van der Waals surface area contributed by atoms with Crippen molar-refractivity contribution in [1.82, 2.24) is 10.2 Å². The first-order chi connectivity index (χ1) is 12.4. The number of fused-ring (bicyclic) bond motifs is 1. The molecule has 4 aliphatic rings. The van der Waals surface area contributed by atoms with Gasteiger partial charge in [0, 0.05) is 24.4 Å². The zero-order chi connectivity index (χ0) is 18.1. The van der Waals surface area contributed by atoms with Crippen LogP contribution in [0.25, 0.3) is 0 Å². The number of ether oxygens (including phenoxy) is 1. The zero-order valence-electron chi connectivity index (χ0n) is 14.9. The van der Waals surface area contributed by atoms with E-state index >= 15 is 0 Å². The van der Waals surface area contributed by atoms with Gasteiger partial charge in [0.1, 0.15) is 12.4 Å². The van der Waals surface area contributed by atoms with Crippen molar-refractivity contribution in [3.63, 3.8) is 0 Å². The fraction of sp³-hybridized carbons (Fsp3) is 0.600. The van der Waals surface area contributed by atoms with Crippen LogP contribution in [0.1, 0.15) is 36.8 Å². The number of cyclic esters (lactones) is 1. The second-order valence-electron chi connectivity index (χ2n) is 8.64. The number of likely N-dealkylation sites (tertiary alicyclic amines) is 1. The smallest absolute Gasteiger partial charge is 0.407 e. The Morgan fingerprint density at radius 1 is 1.35 bits per heavy atom. The number of hydrogen-bond donors (Lipinski definition) is 1. The number of hydrogen-bond acceptors (Lipinski definition) is 3. The standard InChI is InChI=1S/C20H23FN2O3/c1-12-2-3-14(6-16(12)21)20-4-5-23(10-15(20)9-20)17(24)13-7-19(8-13)11-26-18(25)22-19/h2-3,6,13,15H,4-5,7-11H2,1H3,(H,22,25)/t13-,15-,19+,20-/m0/s1. The van der Waals surface area contributed by atoms with Crippen molar-refractivity contribution in [2.75, 3.05) is 19.7 Å². The summed E-state index contributed by atoms with van der Waals surface area (Å²) in [5, 5.41) is 2.84. The van der Waals surface area contributed by atoms with E-state index in [0.29, 0.717) is 30.9 Å². The molecule has 0 aromatic heterocycles. The average molecular weight is 358 g/mol. The number of carbonyl (C=O) groups is 2. The third-order valence-electron chi connectivity index (χ3n) is 7.03. The minimum Gasteiger partial charge on any atom is -0.447 e. The Hall–Kier alpha value is -2.11. The molecule has 6 heteroatoms. The number of amides is 2. The van der Waals surface area contributed by atoms with Gasteiger partial charge in [-0.2, -0.15) is 0 Å². The fourth-order valence-corrected chi connectivity index (χ4v) is 5.25. The van der Waals surface area contributed by atoms with Gasteiger partial charge in [-0.25, -0.2) is 9.18 Å². The van der Waals surface area contributed by atoms with Crippen molar-refractivity contribution < 1.29 is 18.7 Å². The SMILES string of the molecule is Cc1ccc([C@@]23CCN(C(=O)[C@H]4C[C@]5(COC(=O)N5)C4)C[C@@H]2C3)cc1F. The van der Waals surface area contributed by atoms with E-state index in [-0.39, 0.29) is 34.7 Å².